The third kappa shape index (κ3) is 4.73. The van der Waals surface area contributed by atoms with Crippen LogP contribution in [-0.2, 0) is 22.3 Å². The molecular formula is C18H23F3N2O2. The Labute approximate surface area is 145 Å². The van der Waals surface area contributed by atoms with Crippen molar-refractivity contribution >= 4 is 5.91 Å². The van der Waals surface area contributed by atoms with Gasteiger partial charge in [0.1, 0.15) is 0 Å². The van der Waals surface area contributed by atoms with Gasteiger partial charge in [0, 0.05) is 38.7 Å². The minimum absolute atomic E-state index is 0.0380. The summed E-state index contributed by atoms with van der Waals surface area (Å²) in [6, 6.07) is 5.68. The van der Waals surface area contributed by atoms with Gasteiger partial charge in [-0.05, 0) is 24.5 Å². The SMILES string of the molecule is COC[C@@H]1CN(Cc2cccc(C(F)(F)F)c2)C[C@H]1C(=O)NC1CC1. The number of likely N-dealkylation sites (tertiary alicyclic amines) is 1. The third-order valence-corrected chi connectivity index (χ3v) is 4.82. The molecule has 1 N–H and O–H groups in total. The zero-order chi connectivity index (χ0) is 18.0. The first-order chi connectivity index (χ1) is 11.9. The Kier molecular flexibility index (Phi) is 5.34. The molecule has 1 saturated carbocycles. The summed E-state index contributed by atoms with van der Waals surface area (Å²) in [5.41, 5.74) is -0.0325. The van der Waals surface area contributed by atoms with Gasteiger partial charge in [-0.2, -0.15) is 13.2 Å². The molecule has 2 fully saturated rings. The maximum Gasteiger partial charge on any atom is 0.416 e. The number of halogens is 3. The second kappa shape index (κ2) is 7.33. The van der Waals surface area contributed by atoms with Crippen LogP contribution in [0, 0.1) is 11.8 Å². The number of methoxy groups -OCH3 is 1. The number of carbonyl (C=O) groups excluding carboxylic acids is 1. The van der Waals surface area contributed by atoms with Crippen LogP contribution in [0.25, 0.3) is 0 Å². The molecule has 3 rings (SSSR count). The van der Waals surface area contributed by atoms with Crippen molar-refractivity contribution in [2.75, 3.05) is 26.8 Å². The molecule has 1 amide bonds. The van der Waals surface area contributed by atoms with Crippen molar-refractivity contribution in [3.63, 3.8) is 0 Å². The second-order valence-electron chi connectivity index (χ2n) is 7.00. The normalized spacial score (nSPS) is 24.5. The third-order valence-electron chi connectivity index (χ3n) is 4.82. The standard InChI is InChI=1S/C18H23F3N2O2/c1-25-11-13-9-23(10-16(13)17(24)22-15-5-6-15)8-12-3-2-4-14(7-12)18(19,20)21/h2-4,7,13,15-16H,5-6,8-11H2,1H3,(H,22,24)/t13-,16+/m0/s1. The summed E-state index contributed by atoms with van der Waals surface area (Å²) in [6.07, 6.45) is -2.28. The topological polar surface area (TPSA) is 41.6 Å². The second-order valence-corrected chi connectivity index (χ2v) is 7.00. The number of benzene rings is 1. The van der Waals surface area contributed by atoms with Crippen LogP contribution < -0.4 is 5.32 Å². The van der Waals surface area contributed by atoms with Crippen LogP contribution in [-0.4, -0.2) is 43.7 Å². The maximum absolute atomic E-state index is 12.9. The summed E-state index contributed by atoms with van der Waals surface area (Å²) < 4.78 is 43.8. The van der Waals surface area contributed by atoms with Crippen LogP contribution in [0.5, 0.6) is 0 Å². The Hall–Kier alpha value is -1.60. The number of nitrogens with one attached hydrogen (secondary N) is 1. The van der Waals surface area contributed by atoms with E-state index in [-0.39, 0.29) is 17.7 Å². The number of ether oxygens (including phenoxy) is 1. The van der Waals surface area contributed by atoms with E-state index in [2.05, 4.69) is 5.32 Å². The van der Waals surface area contributed by atoms with Gasteiger partial charge in [0.2, 0.25) is 5.91 Å². The Morgan fingerprint density at radius 3 is 2.72 bits per heavy atom. The summed E-state index contributed by atoms with van der Waals surface area (Å²) in [4.78, 5) is 14.5. The molecule has 1 aromatic carbocycles. The smallest absolute Gasteiger partial charge is 0.384 e. The number of nitrogens with zero attached hydrogens (tertiary/aromatic N) is 1. The highest BCUT2D eigenvalue weighted by Crippen LogP contribution is 2.31. The molecule has 4 nitrogen and oxygen atoms in total. The number of alkyl halides is 3. The average Bonchev–Trinajstić information content (AvgIpc) is 3.27. The van der Waals surface area contributed by atoms with E-state index in [9.17, 15) is 18.0 Å². The average molecular weight is 356 g/mol. The molecule has 2 atom stereocenters. The lowest BCUT2D eigenvalue weighted by Crippen LogP contribution is -2.37. The number of hydrogen-bond donors (Lipinski definition) is 1. The summed E-state index contributed by atoms with van der Waals surface area (Å²) in [5.74, 6) is -0.0722. The van der Waals surface area contributed by atoms with Gasteiger partial charge in [0.15, 0.2) is 0 Å². The lowest BCUT2D eigenvalue weighted by molar-refractivity contribution is -0.137. The molecule has 2 aliphatic rings. The fourth-order valence-corrected chi connectivity index (χ4v) is 3.41. The monoisotopic (exact) mass is 356 g/mol. The Balaban J connectivity index is 1.65. The van der Waals surface area contributed by atoms with Gasteiger partial charge in [-0.3, -0.25) is 9.69 Å². The lowest BCUT2D eigenvalue weighted by Gasteiger charge is -2.17. The van der Waals surface area contributed by atoms with Gasteiger partial charge in [0.25, 0.3) is 0 Å². The number of rotatable bonds is 6. The molecule has 0 aromatic heterocycles. The van der Waals surface area contributed by atoms with Crippen LogP contribution in [0.2, 0.25) is 0 Å². The van der Waals surface area contributed by atoms with Crippen LogP contribution >= 0.6 is 0 Å². The molecule has 0 bridgehead atoms. The van der Waals surface area contributed by atoms with E-state index in [1.54, 1.807) is 13.2 Å². The fraction of sp³-hybridized carbons (Fsp3) is 0.611. The Morgan fingerprint density at radius 2 is 2.08 bits per heavy atom. The van der Waals surface area contributed by atoms with Crippen molar-refractivity contribution in [1.29, 1.82) is 0 Å². The van der Waals surface area contributed by atoms with Gasteiger partial charge >= 0.3 is 6.18 Å². The predicted molar refractivity (Wildman–Crippen MR) is 86.7 cm³/mol. The molecule has 1 aliphatic heterocycles. The Bertz CT molecular complexity index is 617. The van der Waals surface area contributed by atoms with Gasteiger partial charge in [-0.15, -0.1) is 0 Å². The molecule has 7 heteroatoms. The summed E-state index contributed by atoms with van der Waals surface area (Å²) in [5, 5.41) is 3.03. The molecular weight excluding hydrogens is 333 g/mol. The maximum atomic E-state index is 12.9. The van der Waals surface area contributed by atoms with Gasteiger partial charge in [0.05, 0.1) is 18.1 Å². The zero-order valence-electron chi connectivity index (χ0n) is 14.2. The minimum Gasteiger partial charge on any atom is -0.384 e. The summed E-state index contributed by atoms with van der Waals surface area (Å²) >= 11 is 0. The van der Waals surface area contributed by atoms with Crippen LogP contribution in [0.4, 0.5) is 13.2 Å². The fourth-order valence-electron chi connectivity index (χ4n) is 3.41. The first-order valence-corrected chi connectivity index (χ1v) is 8.54. The predicted octanol–water partition coefficient (Wildman–Crippen LogP) is 2.68. The van der Waals surface area contributed by atoms with E-state index < -0.39 is 11.7 Å². The van der Waals surface area contributed by atoms with Gasteiger partial charge in [-0.25, -0.2) is 0 Å². The highest BCUT2D eigenvalue weighted by molar-refractivity contribution is 5.80. The van der Waals surface area contributed by atoms with E-state index in [0.717, 1.165) is 18.9 Å². The van der Waals surface area contributed by atoms with Crippen LogP contribution in [0.3, 0.4) is 0 Å². The Morgan fingerprint density at radius 1 is 1.32 bits per heavy atom. The van der Waals surface area contributed by atoms with E-state index in [0.29, 0.717) is 37.8 Å². The van der Waals surface area contributed by atoms with Crippen LogP contribution in [0.1, 0.15) is 24.0 Å². The first-order valence-electron chi connectivity index (χ1n) is 8.54. The molecule has 0 spiro atoms. The molecule has 1 aromatic rings. The van der Waals surface area contributed by atoms with E-state index in [1.807, 2.05) is 4.90 Å². The van der Waals surface area contributed by atoms with Crippen molar-refractivity contribution in [2.45, 2.75) is 31.6 Å². The van der Waals surface area contributed by atoms with Crippen molar-refractivity contribution in [3.8, 4) is 0 Å². The van der Waals surface area contributed by atoms with Crippen molar-refractivity contribution < 1.29 is 22.7 Å². The quantitative estimate of drug-likeness (QED) is 0.852. The van der Waals surface area contributed by atoms with E-state index in [4.69, 9.17) is 4.74 Å². The van der Waals surface area contributed by atoms with Crippen LogP contribution in [0.15, 0.2) is 24.3 Å². The molecule has 1 saturated heterocycles. The van der Waals surface area contributed by atoms with E-state index >= 15 is 0 Å². The molecule has 1 aliphatic carbocycles. The summed E-state index contributed by atoms with van der Waals surface area (Å²) in [7, 11) is 1.60. The van der Waals surface area contributed by atoms with Crippen molar-refractivity contribution in [1.82, 2.24) is 10.2 Å². The molecule has 138 valence electrons. The number of hydrogen-bond acceptors (Lipinski definition) is 3. The zero-order valence-corrected chi connectivity index (χ0v) is 14.2. The minimum atomic E-state index is -4.34. The first kappa shape index (κ1) is 18.2. The highest BCUT2D eigenvalue weighted by atomic mass is 19.4. The lowest BCUT2D eigenvalue weighted by atomic mass is 9.96. The number of carbonyl (C=O) groups is 1. The van der Waals surface area contributed by atoms with Crippen molar-refractivity contribution in [3.05, 3.63) is 35.4 Å². The molecule has 1 heterocycles. The van der Waals surface area contributed by atoms with Gasteiger partial charge in [-0.1, -0.05) is 18.2 Å². The van der Waals surface area contributed by atoms with Crippen molar-refractivity contribution in [2.24, 2.45) is 11.8 Å². The number of amides is 1. The summed E-state index contributed by atoms with van der Waals surface area (Å²) in [6.45, 7) is 2.06. The van der Waals surface area contributed by atoms with E-state index in [1.165, 1.54) is 12.1 Å². The highest BCUT2D eigenvalue weighted by Gasteiger charge is 2.39. The van der Waals surface area contributed by atoms with Gasteiger partial charge < -0.3 is 10.1 Å². The molecule has 0 radical (unpaired) electrons. The largest absolute Gasteiger partial charge is 0.416 e. The molecule has 0 unspecified atom stereocenters. The molecule has 25 heavy (non-hydrogen) atoms.